The predicted molar refractivity (Wildman–Crippen MR) is 113 cm³/mol. The van der Waals surface area contributed by atoms with Crippen molar-refractivity contribution in [1.82, 2.24) is 4.98 Å². The van der Waals surface area contributed by atoms with E-state index < -0.39 is 0 Å². The summed E-state index contributed by atoms with van der Waals surface area (Å²) in [5.41, 5.74) is 2.41. The van der Waals surface area contributed by atoms with Crippen molar-refractivity contribution >= 4 is 29.0 Å². The normalized spacial score (nSPS) is 15.0. The summed E-state index contributed by atoms with van der Waals surface area (Å²) >= 11 is 12.0. The van der Waals surface area contributed by atoms with Crippen LogP contribution in [0.3, 0.4) is 0 Å². The van der Waals surface area contributed by atoms with Crippen LogP contribution < -0.4 is 14.8 Å². The fraction of sp³-hybridized carbons (Fsp3) is 0.227. The lowest BCUT2D eigenvalue weighted by molar-refractivity contribution is 0.281. The van der Waals surface area contributed by atoms with Gasteiger partial charge in [0.15, 0.2) is 11.5 Å². The molecule has 7 heteroatoms. The van der Waals surface area contributed by atoms with E-state index >= 15 is 0 Å². The van der Waals surface area contributed by atoms with Gasteiger partial charge >= 0.3 is 0 Å². The molecule has 1 aliphatic rings. The van der Waals surface area contributed by atoms with Crippen molar-refractivity contribution in [3.8, 4) is 11.5 Å². The van der Waals surface area contributed by atoms with E-state index in [9.17, 15) is 4.39 Å². The maximum absolute atomic E-state index is 14.7. The van der Waals surface area contributed by atoms with E-state index in [1.54, 1.807) is 24.4 Å². The number of hydrogen-bond acceptors (Lipinski definition) is 4. The molecule has 0 fully saturated rings. The predicted octanol–water partition coefficient (Wildman–Crippen LogP) is 5.87. The standard InChI is InChI=1S/C22H19Cl2FN2O2/c1-28-21-18(8-14-10-26-22-17(14)9-16(24)11-27-22)19(25)6-7-20(21)29-12-13-2-4-15(23)5-3-13/h2-7,9,11,14H,8,10,12H2,1H3,(H,26,27). The number of ether oxygens (including phenoxy) is 2. The largest absolute Gasteiger partial charge is 0.492 e. The van der Waals surface area contributed by atoms with E-state index in [0.29, 0.717) is 46.7 Å². The van der Waals surface area contributed by atoms with Crippen LogP contribution in [0.5, 0.6) is 11.5 Å². The summed E-state index contributed by atoms with van der Waals surface area (Å²) in [5.74, 6) is 1.39. The Kier molecular flexibility index (Phi) is 5.79. The van der Waals surface area contributed by atoms with Gasteiger partial charge in [0.1, 0.15) is 18.2 Å². The molecule has 1 aromatic heterocycles. The van der Waals surface area contributed by atoms with Gasteiger partial charge in [-0.05, 0) is 42.3 Å². The number of nitrogens with zero attached hydrogens (tertiary/aromatic N) is 1. The lowest BCUT2D eigenvalue weighted by Crippen LogP contribution is -2.09. The molecule has 1 unspecified atom stereocenters. The van der Waals surface area contributed by atoms with Crippen molar-refractivity contribution < 1.29 is 13.9 Å². The molecule has 0 saturated carbocycles. The van der Waals surface area contributed by atoms with Crippen LogP contribution in [-0.4, -0.2) is 18.6 Å². The number of anilines is 1. The average Bonchev–Trinajstić information content (AvgIpc) is 3.11. The quantitative estimate of drug-likeness (QED) is 0.528. The molecule has 1 atom stereocenters. The zero-order valence-corrected chi connectivity index (χ0v) is 17.2. The molecule has 4 nitrogen and oxygen atoms in total. The molecule has 150 valence electrons. The van der Waals surface area contributed by atoms with Crippen LogP contribution in [0.15, 0.2) is 48.7 Å². The van der Waals surface area contributed by atoms with Gasteiger partial charge in [-0.2, -0.15) is 0 Å². The molecular formula is C22H19Cl2FN2O2. The van der Waals surface area contributed by atoms with E-state index in [0.717, 1.165) is 16.9 Å². The molecule has 3 aromatic rings. The molecule has 0 radical (unpaired) electrons. The lowest BCUT2D eigenvalue weighted by atomic mass is 9.93. The van der Waals surface area contributed by atoms with Gasteiger partial charge in [-0.1, -0.05) is 35.3 Å². The number of pyridine rings is 1. The van der Waals surface area contributed by atoms with Crippen molar-refractivity contribution in [3.05, 3.63) is 81.2 Å². The van der Waals surface area contributed by atoms with Crippen LogP contribution in [0.2, 0.25) is 10.0 Å². The van der Waals surface area contributed by atoms with Gasteiger partial charge in [0.25, 0.3) is 0 Å². The number of nitrogens with one attached hydrogen (secondary N) is 1. The van der Waals surface area contributed by atoms with E-state index in [2.05, 4.69) is 10.3 Å². The Hall–Kier alpha value is -2.50. The zero-order chi connectivity index (χ0) is 20.4. The first-order chi connectivity index (χ1) is 14.0. The van der Waals surface area contributed by atoms with Gasteiger partial charge in [0.05, 0.1) is 12.1 Å². The first-order valence-corrected chi connectivity index (χ1v) is 9.92. The lowest BCUT2D eigenvalue weighted by Gasteiger charge is -2.18. The number of rotatable bonds is 6. The maximum atomic E-state index is 14.7. The highest BCUT2D eigenvalue weighted by molar-refractivity contribution is 6.30. The molecule has 0 aliphatic carbocycles. The van der Waals surface area contributed by atoms with Crippen molar-refractivity contribution in [3.63, 3.8) is 0 Å². The summed E-state index contributed by atoms with van der Waals surface area (Å²) in [6.45, 7) is 0.979. The minimum absolute atomic E-state index is 0.0334. The second-order valence-electron chi connectivity index (χ2n) is 6.85. The fourth-order valence-electron chi connectivity index (χ4n) is 3.52. The smallest absolute Gasteiger partial charge is 0.166 e. The molecule has 2 heterocycles. The van der Waals surface area contributed by atoms with Gasteiger partial charge in [0, 0.05) is 34.8 Å². The topological polar surface area (TPSA) is 43.4 Å². The molecule has 4 rings (SSSR count). The Morgan fingerprint density at radius 3 is 2.69 bits per heavy atom. The highest BCUT2D eigenvalue weighted by Crippen LogP contribution is 2.40. The number of benzene rings is 2. The molecule has 0 bridgehead atoms. The molecular weight excluding hydrogens is 414 g/mol. The number of hydrogen-bond donors (Lipinski definition) is 1. The van der Waals surface area contributed by atoms with Crippen LogP contribution >= 0.6 is 23.2 Å². The van der Waals surface area contributed by atoms with Crippen molar-refractivity contribution in [1.29, 1.82) is 0 Å². The third kappa shape index (κ3) is 4.26. The van der Waals surface area contributed by atoms with Gasteiger partial charge in [-0.15, -0.1) is 0 Å². The SMILES string of the molecule is COc1c(OCc2ccc(Cl)cc2)ccc(F)c1CC1CNc2ncc(Cl)cc21. The zero-order valence-electron chi connectivity index (χ0n) is 15.7. The Morgan fingerprint density at radius 2 is 1.93 bits per heavy atom. The summed E-state index contributed by atoms with van der Waals surface area (Å²) in [7, 11) is 1.52. The molecule has 2 aromatic carbocycles. The molecule has 1 aliphatic heterocycles. The van der Waals surface area contributed by atoms with Gasteiger partial charge in [-0.25, -0.2) is 9.37 Å². The summed E-state index contributed by atoms with van der Waals surface area (Å²) in [6.07, 6.45) is 2.04. The van der Waals surface area contributed by atoms with Crippen LogP contribution in [0.25, 0.3) is 0 Å². The van der Waals surface area contributed by atoms with Crippen molar-refractivity contribution in [2.45, 2.75) is 18.9 Å². The number of methoxy groups -OCH3 is 1. The van der Waals surface area contributed by atoms with Gasteiger partial charge < -0.3 is 14.8 Å². The molecule has 0 amide bonds. The van der Waals surface area contributed by atoms with Crippen molar-refractivity contribution in [2.24, 2.45) is 0 Å². The van der Waals surface area contributed by atoms with Crippen molar-refractivity contribution in [2.75, 3.05) is 19.0 Å². The van der Waals surface area contributed by atoms with E-state index in [1.165, 1.54) is 13.2 Å². The average molecular weight is 433 g/mol. The van der Waals surface area contributed by atoms with Gasteiger partial charge in [0.2, 0.25) is 0 Å². The highest BCUT2D eigenvalue weighted by Gasteiger charge is 2.27. The minimum atomic E-state index is -0.330. The number of halogens is 3. The molecule has 1 N–H and O–H groups in total. The van der Waals surface area contributed by atoms with E-state index in [-0.39, 0.29) is 11.7 Å². The van der Waals surface area contributed by atoms with Crippen LogP contribution in [0, 0.1) is 5.82 Å². The Morgan fingerprint density at radius 1 is 1.14 bits per heavy atom. The monoisotopic (exact) mass is 432 g/mol. The second kappa shape index (κ2) is 8.47. The molecule has 0 spiro atoms. The Bertz CT molecular complexity index is 1030. The number of fused-ring (bicyclic) bond motifs is 1. The number of aromatic nitrogens is 1. The first-order valence-electron chi connectivity index (χ1n) is 9.17. The van der Waals surface area contributed by atoms with Gasteiger partial charge in [-0.3, -0.25) is 0 Å². The van der Waals surface area contributed by atoms with E-state index in [1.807, 2.05) is 18.2 Å². The molecule has 29 heavy (non-hydrogen) atoms. The second-order valence-corrected chi connectivity index (χ2v) is 7.72. The Labute approximate surface area is 178 Å². The summed E-state index contributed by atoms with van der Waals surface area (Å²) in [4.78, 5) is 4.30. The fourth-order valence-corrected chi connectivity index (χ4v) is 3.82. The van der Waals surface area contributed by atoms with Crippen LogP contribution in [-0.2, 0) is 13.0 Å². The Balaban J connectivity index is 1.58. The third-order valence-electron chi connectivity index (χ3n) is 4.97. The summed E-state index contributed by atoms with van der Waals surface area (Å²) < 4.78 is 26.2. The van der Waals surface area contributed by atoms with Crippen LogP contribution in [0.1, 0.15) is 22.6 Å². The first kappa shape index (κ1) is 19.8. The maximum Gasteiger partial charge on any atom is 0.166 e. The molecule has 0 saturated heterocycles. The van der Waals surface area contributed by atoms with Crippen LogP contribution in [0.4, 0.5) is 10.2 Å². The third-order valence-corrected chi connectivity index (χ3v) is 5.43. The van der Waals surface area contributed by atoms with E-state index in [4.69, 9.17) is 32.7 Å². The summed E-state index contributed by atoms with van der Waals surface area (Å²) in [5, 5.41) is 4.47. The summed E-state index contributed by atoms with van der Waals surface area (Å²) in [6, 6.07) is 12.3. The minimum Gasteiger partial charge on any atom is -0.492 e. The highest BCUT2D eigenvalue weighted by atomic mass is 35.5.